The van der Waals surface area contributed by atoms with Crippen LogP contribution in [-0.4, -0.2) is 66.9 Å². The number of rotatable bonds is 12. The Morgan fingerprint density at radius 3 is 2.34 bits per heavy atom. The first kappa shape index (κ1) is 24.6. The van der Waals surface area contributed by atoms with Crippen LogP contribution in [0.25, 0.3) is 0 Å². The maximum Gasteiger partial charge on any atom is 0.435 e. The van der Waals surface area contributed by atoms with Gasteiger partial charge in [0.1, 0.15) is 6.61 Å². The van der Waals surface area contributed by atoms with Crippen LogP contribution < -0.4 is 0 Å². The molecule has 1 aromatic heterocycles. The van der Waals surface area contributed by atoms with Crippen LogP contribution in [0.2, 0.25) is 0 Å². The van der Waals surface area contributed by atoms with Gasteiger partial charge < -0.3 is 10.1 Å². The Kier molecular flexibility index (Phi) is 9.43. The number of imidazole rings is 1. The van der Waals surface area contributed by atoms with Gasteiger partial charge in [-0.3, -0.25) is 13.9 Å². The quantitative estimate of drug-likeness (QED) is 0.124. The molecule has 0 bridgehead atoms. The molecular formula is C16H26Br2N5O5P. The molecule has 1 aliphatic rings. The minimum absolute atomic E-state index is 0.0640. The average Bonchev–Trinajstić information content (AvgIpc) is 3.33. The van der Waals surface area contributed by atoms with Crippen LogP contribution >= 0.6 is 39.5 Å². The van der Waals surface area contributed by atoms with E-state index in [0.29, 0.717) is 43.1 Å². The van der Waals surface area contributed by atoms with E-state index >= 15 is 0 Å². The second kappa shape index (κ2) is 11.1. The van der Waals surface area contributed by atoms with Crippen molar-refractivity contribution in [2.24, 2.45) is 0 Å². The van der Waals surface area contributed by atoms with Crippen molar-refractivity contribution in [3.8, 4) is 0 Å². The van der Waals surface area contributed by atoms with Crippen molar-refractivity contribution in [3.63, 3.8) is 0 Å². The van der Waals surface area contributed by atoms with Crippen LogP contribution in [0.3, 0.4) is 0 Å². The van der Waals surface area contributed by atoms with E-state index in [1.165, 1.54) is 4.57 Å². The van der Waals surface area contributed by atoms with E-state index in [9.17, 15) is 19.5 Å². The number of halogens is 2. The summed E-state index contributed by atoms with van der Waals surface area (Å²) in [5.74, 6) is -0.422. The van der Waals surface area contributed by atoms with Gasteiger partial charge in [-0.2, -0.15) is 0 Å². The van der Waals surface area contributed by atoms with Crippen LogP contribution in [0.4, 0.5) is 5.95 Å². The van der Waals surface area contributed by atoms with Crippen LogP contribution in [0.1, 0.15) is 48.9 Å². The van der Waals surface area contributed by atoms with Crippen molar-refractivity contribution < 1.29 is 18.8 Å². The minimum Gasteiger partial charge on any atom is -0.390 e. The van der Waals surface area contributed by atoms with Crippen LogP contribution in [0.5, 0.6) is 0 Å². The highest BCUT2D eigenvalue weighted by atomic mass is 79.9. The van der Waals surface area contributed by atoms with Crippen molar-refractivity contribution in [2.75, 3.05) is 36.8 Å². The largest absolute Gasteiger partial charge is 0.435 e. The first-order valence-electron chi connectivity index (χ1n) is 9.38. The minimum atomic E-state index is -3.39. The van der Waals surface area contributed by atoms with Crippen LogP contribution in [0.15, 0.2) is 0 Å². The van der Waals surface area contributed by atoms with Crippen molar-refractivity contribution in [2.45, 2.75) is 39.3 Å². The molecule has 1 aromatic rings. The highest BCUT2D eigenvalue weighted by molar-refractivity contribution is 9.09. The highest BCUT2D eigenvalue weighted by Crippen LogP contribution is 2.56. The van der Waals surface area contributed by atoms with Gasteiger partial charge in [0.15, 0.2) is 12.0 Å². The van der Waals surface area contributed by atoms with Gasteiger partial charge >= 0.3 is 13.6 Å². The molecule has 0 radical (unpaired) electrons. The number of hydrogen-bond acceptors (Lipinski definition) is 6. The van der Waals surface area contributed by atoms with Gasteiger partial charge in [-0.25, -0.2) is 13.9 Å². The SMILES string of the molecule is CC(C)n1c([N+](=O)[O-])nc(C=O)c1COP(=O)(N(CCBr)CCBr)N1CCCC1. The predicted octanol–water partition coefficient (Wildman–Crippen LogP) is 4.00. The van der Waals surface area contributed by atoms with E-state index in [4.69, 9.17) is 4.52 Å². The molecular weight excluding hydrogens is 533 g/mol. The summed E-state index contributed by atoms with van der Waals surface area (Å²) < 4.78 is 25.1. The maximum atomic E-state index is 14.0. The number of aromatic nitrogens is 2. The summed E-state index contributed by atoms with van der Waals surface area (Å²) in [7, 11) is -3.39. The molecule has 1 unspecified atom stereocenters. The lowest BCUT2D eigenvalue weighted by molar-refractivity contribution is -0.397. The highest BCUT2D eigenvalue weighted by Gasteiger charge is 2.41. The van der Waals surface area contributed by atoms with Crippen LogP contribution in [0, 0.1) is 10.1 Å². The summed E-state index contributed by atoms with van der Waals surface area (Å²) in [5.41, 5.74) is 0.199. The molecule has 0 aromatic carbocycles. The molecule has 0 amide bonds. The molecule has 1 saturated heterocycles. The first-order valence-corrected chi connectivity index (χ1v) is 13.2. The topological polar surface area (TPSA) is 111 Å². The second-order valence-electron chi connectivity index (χ2n) is 6.84. The lowest BCUT2D eigenvalue weighted by Crippen LogP contribution is -2.34. The van der Waals surface area contributed by atoms with Crippen LogP contribution in [-0.2, 0) is 15.7 Å². The smallest absolute Gasteiger partial charge is 0.390 e. The van der Waals surface area contributed by atoms with E-state index in [0.717, 1.165) is 12.8 Å². The van der Waals surface area contributed by atoms with Gasteiger partial charge in [-0.1, -0.05) is 36.8 Å². The summed E-state index contributed by atoms with van der Waals surface area (Å²) in [6.07, 6.45) is 2.33. The number of nitro groups is 1. The number of alkyl halides is 2. The van der Waals surface area contributed by atoms with Crippen molar-refractivity contribution >= 4 is 51.8 Å². The predicted molar refractivity (Wildman–Crippen MR) is 117 cm³/mol. The zero-order valence-corrected chi connectivity index (χ0v) is 20.6. The molecule has 2 rings (SSSR count). The van der Waals surface area contributed by atoms with E-state index < -0.39 is 18.5 Å². The first-order chi connectivity index (χ1) is 13.8. The van der Waals surface area contributed by atoms with E-state index in [1.54, 1.807) is 18.5 Å². The average molecular weight is 559 g/mol. The molecule has 0 aliphatic carbocycles. The molecule has 1 aliphatic heterocycles. The molecule has 164 valence electrons. The van der Waals surface area contributed by atoms with Crippen molar-refractivity contribution in [1.82, 2.24) is 18.9 Å². The summed E-state index contributed by atoms with van der Waals surface area (Å²) in [6, 6.07) is -0.317. The molecule has 29 heavy (non-hydrogen) atoms. The molecule has 10 nitrogen and oxygen atoms in total. The molecule has 1 atom stereocenters. The fraction of sp³-hybridized carbons (Fsp3) is 0.750. The number of hydrogen-bond donors (Lipinski definition) is 0. The molecule has 0 saturated carbocycles. The summed E-state index contributed by atoms with van der Waals surface area (Å²) >= 11 is 6.80. The third-order valence-electron chi connectivity index (χ3n) is 4.67. The van der Waals surface area contributed by atoms with Crippen molar-refractivity contribution in [1.29, 1.82) is 0 Å². The normalized spacial score (nSPS) is 17.2. The molecule has 2 heterocycles. The van der Waals surface area contributed by atoms with E-state index in [2.05, 4.69) is 36.8 Å². The third kappa shape index (κ3) is 5.54. The lowest BCUT2D eigenvalue weighted by Gasteiger charge is -2.35. The fourth-order valence-corrected chi connectivity index (χ4v) is 7.25. The number of carbonyl (C=O) groups excluding carboxylic acids is 1. The Bertz CT molecular complexity index is 763. The van der Waals surface area contributed by atoms with Gasteiger partial charge in [0.05, 0.1) is 6.04 Å². The third-order valence-corrected chi connectivity index (χ3v) is 8.07. The summed E-state index contributed by atoms with van der Waals surface area (Å²) in [5, 5.41) is 12.6. The Hall–Kier alpha value is -0.650. The molecule has 0 N–H and O–H groups in total. The lowest BCUT2D eigenvalue weighted by atomic mass is 10.3. The fourth-order valence-electron chi connectivity index (χ4n) is 3.38. The van der Waals surface area contributed by atoms with Gasteiger partial charge in [0, 0.05) is 36.8 Å². The Morgan fingerprint density at radius 2 is 1.90 bits per heavy atom. The summed E-state index contributed by atoms with van der Waals surface area (Å²) in [4.78, 5) is 26.1. The Morgan fingerprint density at radius 1 is 1.31 bits per heavy atom. The molecule has 1 fully saturated rings. The maximum absolute atomic E-state index is 14.0. The summed E-state index contributed by atoms with van der Waals surface area (Å²) in [6.45, 7) is 5.66. The number of aldehydes is 1. The van der Waals surface area contributed by atoms with Gasteiger partial charge in [-0.15, -0.1) is 0 Å². The Labute approximate surface area is 186 Å². The second-order valence-corrected chi connectivity index (χ2v) is 10.8. The number of nitrogens with zero attached hydrogens (tertiary/aromatic N) is 5. The van der Waals surface area contributed by atoms with Gasteiger partial charge in [0.25, 0.3) is 0 Å². The number of carbonyl (C=O) groups is 1. The Balaban J connectivity index is 2.42. The van der Waals surface area contributed by atoms with E-state index in [-0.39, 0.29) is 24.0 Å². The zero-order chi connectivity index (χ0) is 21.6. The monoisotopic (exact) mass is 557 g/mol. The van der Waals surface area contributed by atoms with Gasteiger partial charge in [-0.05, 0) is 31.6 Å². The van der Waals surface area contributed by atoms with Gasteiger partial charge in [0.2, 0.25) is 5.69 Å². The van der Waals surface area contributed by atoms with E-state index in [1.807, 2.05) is 4.67 Å². The standard InChI is InChI=1S/C16H26Br2N5O5P/c1-13(2)22-15(14(11-24)19-16(22)23(25)26)12-28-29(27,20-7-3-4-8-20)21(9-5-17)10-6-18/h11,13H,3-10,12H2,1-2H3. The molecule has 13 heteroatoms. The zero-order valence-electron chi connectivity index (χ0n) is 16.5. The molecule has 0 spiro atoms. The van der Waals surface area contributed by atoms with Crippen molar-refractivity contribution in [3.05, 3.63) is 21.5 Å².